The van der Waals surface area contributed by atoms with Gasteiger partial charge in [-0.15, -0.1) is 0 Å². The van der Waals surface area contributed by atoms with Crippen LogP contribution in [0.2, 0.25) is 0 Å². The summed E-state index contributed by atoms with van der Waals surface area (Å²) in [7, 11) is 1.60. The quantitative estimate of drug-likeness (QED) is 0.621. The Labute approximate surface area is 143 Å². The first-order chi connectivity index (χ1) is 11.1. The van der Waals surface area contributed by atoms with E-state index in [0.717, 1.165) is 21.3 Å². The maximum Gasteiger partial charge on any atom is 0.277 e. The summed E-state index contributed by atoms with van der Waals surface area (Å²) in [5, 5.41) is 3.91. The van der Waals surface area contributed by atoms with Gasteiger partial charge in [-0.2, -0.15) is 5.10 Å². The Morgan fingerprint density at radius 3 is 2.74 bits per heavy atom. The number of para-hydroxylation sites is 1. The molecule has 0 atom stereocenters. The van der Waals surface area contributed by atoms with E-state index in [0.29, 0.717) is 5.75 Å². The van der Waals surface area contributed by atoms with Gasteiger partial charge < -0.3 is 9.47 Å². The molecule has 5 nitrogen and oxygen atoms in total. The van der Waals surface area contributed by atoms with Crippen molar-refractivity contribution >= 4 is 28.1 Å². The van der Waals surface area contributed by atoms with Gasteiger partial charge in [0.25, 0.3) is 5.91 Å². The third-order valence-electron chi connectivity index (χ3n) is 3.03. The van der Waals surface area contributed by atoms with Crippen LogP contribution in [-0.4, -0.2) is 25.8 Å². The lowest BCUT2D eigenvalue weighted by molar-refractivity contribution is -0.123. The minimum atomic E-state index is -0.322. The molecule has 2 aromatic carbocycles. The maximum atomic E-state index is 11.7. The molecule has 0 heterocycles. The SMILES string of the molecule is COc1ccc(C=NNC(=O)COc2ccccc2C)cc1Br. The van der Waals surface area contributed by atoms with E-state index in [2.05, 4.69) is 26.5 Å². The lowest BCUT2D eigenvalue weighted by Crippen LogP contribution is -2.24. The minimum Gasteiger partial charge on any atom is -0.496 e. The van der Waals surface area contributed by atoms with Crippen LogP contribution in [0.15, 0.2) is 52.0 Å². The van der Waals surface area contributed by atoms with Crippen LogP contribution in [0, 0.1) is 6.92 Å². The number of halogens is 1. The van der Waals surface area contributed by atoms with Gasteiger partial charge in [-0.3, -0.25) is 4.79 Å². The van der Waals surface area contributed by atoms with Crippen molar-refractivity contribution in [1.82, 2.24) is 5.43 Å². The van der Waals surface area contributed by atoms with Gasteiger partial charge in [-0.25, -0.2) is 5.43 Å². The molecule has 0 radical (unpaired) electrons. The molecular formula is C17H17BrN2O3. The number of nitrogens with one attached hydrogen (secondary N) is 1. The van der Waals surface area contributed by atoms with E-state index in [1.807, 2.05) is 49.4 Å². The number of carbonyl (C=O) groups excluding carboxylic acids is 1. The molecule has 0 aliphatic heterocycles. The molecule has 120 valence electrons. The summed E-state index contributed by atoms with van der Waals surface area (Å²) in [6.45, 7) is 1.83. The molecule has 0 spiro atoms. The van der Waals surface area contributed by atoms with Crippen molar-refractivity contribution in [3.63, 3.8) is 0 Å². The number of rotatable bonds is 6. The fraction of sp³-hybridized carbons (Fsp3) is 0.176. The average Bonchev–Trinajstić information content (AvgIpc) is 2.54. The molecule has 0 aliphatic rings. The molecule has 2 aromatic rings. The standard InChI is InChI=1S/C17H17BrN2O3/c1-12-5-3-4-6-15(12)23-11-17(21)20-19-10-13-7-8-16(22-2)14(18)9-13/h3-10H,11H2,1-2H3,(H,20,21). The van der Waals surface area contributed by atoms with E-state index in [9.17, 15) is 4.79 Å². The topological polar surface area (TPSA) is 59.9 Å². The van der Waals surface area contributed by atoms with Crippen LogP contribution in [-0.2, 0) is 4.79 Å². The van der Waals surface area contributed by atoms with Crippen molar-refractivity contribution in [1.29, 1.82) is 0 Å². The van der Waals surface area contributed by atoms with Gasteiger partial charge in [-0.1, -0.05) is 18.2 Å². The Morgan fingerprint density at radius 2 is 2.04 bits per heavy atom. The third-order valence-corrected chi connectivity index (χ3v) is 3.65. The number of benzene rings is 2. The molecule has 0 aliphatic carbocycles. The van der Waals surface area contributed by atoms with Crippen LogP contribution in [0.5, 0.6) is 11.5 Å². The molecular weight excluding hydrogens is 360 g/mol. The Hall–Kier alpha value is -2.34. The van der Waals surface area contributed by atoms with Gasteiger partial charge in [0.2, 0.25) is 0 Å². The smallest absolute Gasteiger partial charge is 0.277 e. The molecule has 23 heavy (non-hydrogen) atoms. The number of hydrazone groups is 1. The lowest BCUT2D eigenvalue weighted by atomic mass is 10.2. The fourth-order valence-electron chi connectivity index (χ4n) is 1.84. The molecule has 1 amide bonds. The summed E-state index contributed by atoms with van der Waals surface area (Å²) < 4.78 is 11.4. The molecule has 0 saturated heterocycles. The van der Waals surface area contributed by atoms with E-state index in [4.69, 9.17) is 9.47 Å². The first kappa shape index (κ1) is 17.0. The van der Waals surface area contributed by atoms with E-state index in [1.54, 1.807) is 13.3 Å². The van der Waals surface area contributed by atoms with Gasteiger partial charge in [0, 0.05) is 0 Å². The first-order valence-corrected chi connectivity index (χ1v) is 7.73. The highest BCUT2D eigenvalue weighted by atomic mass is 79.9. The van der Waals surface area contributed by atoms with Crippen LogP contribution in [0.3, 0.4) is 0 Å². The largest absolute Gasteiger partial charge is 0.496 e. The monoisotopic (exact) mass is 376 g/mol. The second-order valence-electron chi connectivity index (χ2n) is 4.74. The van der Waals surface area contributed by atoms with Crippen LogP contribution in [0.4, 0.5) is 0 Å². The second kappa shape index (κ2) is 8.33. The Morgan fingerprint density at radius 1 is 1.26 bits per heavy atom. The summed E-state index contributed by atoms with van der Waals surface area (Å²) in [6, 6.07) is 13.0. The van der Waals surface area contributed by atoms with Crippen LogP contribution >= 0.6 is 15.9 Å². The van der Waals surface area contributed by atoms with Crippen molar-refractivity contribution < 1.29 is 14.3 Å². The zero-order valence-corrected chi connectivity index (χ0v) is 14.5. The first-order valence-electron chi connectivity index (χ1n) is 6.94. The van der Waals surface area contributed by atoms with Gasteiger partial charge in [0.1, 0.15) is 11.5 Å². The van der Waals surface area contributed by atoms with Crippen molar-refractivity contribution in [3.8, 4) is 11.5 Å². The molecule has 0 aromatic heterocycles. The van der Waals surface area contributed by atoms with Crippen LogP contribution in [0.1, 0.15) is 11.1 Å². The van der Waals surface area contributed by atoms with E-state index >= 15 is 0 Å². The van der Waals surface area contributed by atoms with Crippen LogP contribution < -0.4 is 14.9 Å². The van der Waals surface area contributed by atoms with Crippen LogP contribution in [0.25, 0.3) is 0 Å². The number of hydrogen-bond donors (Lipinski definition) is 1. The predicted octanol–water partition coefficient (Wildman–Crippen LogP) is 3.30. The average molecular weight is 377 g/mol. The Kier molecular flexibility index (Phi) is 6.17. The minimum absolute atomic E-state index is 0.0888. The van der Waals surface area contributed by atoms with Crippen molar-refractivity contribution in [3.05, 3.63) is 58.1 Å². The highest BCUT2D eigenvalue weighted by Gasteiger charge is 2.03. The molecule has 0 fully saturated rings. The fourth-order valence-corrected chi connectivity index (χ4v) is 2.39. The number of ether oxygens (including phenoxy) is 2. The van der Waals surface area contributed by atoms with E-state index in [-0.39, 0.29) is 12.5 Å². The summed E-state index contributed by atoms with van der Waals surface area (Å²) in [6.07, 6.45) is 1.55. The lowest BCUT2D eigenvalue weighted by Gasteiger charge is -2.07. The molecule has 0 bridgehead atoms. The number of aryl methyl sites for hydroxylation is 1. The predicted molar refractivity (Wildman–Crippen MR) is 93.1 cm³/mol. The van der Waals surface area contributed by atoms with E-state index in [1.165, 1.54) is 0 Å². The second-order valence-corrected chi connectivity index (χ2v) is 5.60. The number of methoxy groups -OCH3 is 1. The van der Waals surface area contributed by atoms with Crippen molar-refractivity contribution in [2.45, 2.75) is 6.92 Å². The zero-order valence-electron chi connectivity index (χ0n) is 12.9. The molecule has 0 saturated carbocycles. The summed E-state index contributed by atoms with van der Waals surface area (Å²) >= 11 is 3.39. The Balaban J connectivity index is 1.84. The molecule has 2 rings (SSSR count). The third kappa shape index (κ3) is 5.10. The molecule has 1 N–H and O–H groups in total. The van der Waals surface area contributed by atoms with Gasteiger partial charge in [-0.05, 0) is 58.2 Å². The number of amides is 1. The highest BCUT2D eigenvalue weighted by molar-refractivity contribution is 9.10. The number of carbonyl (C=O) groups is 1. The molecule has 0 unspecified atom stereocenters. The summed E-state index contributed by atoms with van der Waals surface area (Å²) in [5.74, 6) is 1.10. The maximum absolute atomic E-state index is 11.7. The van der Waals surface area contributed by atoms with Gasteiger partial charge in [0.05, 0.1) is 17.8 Å². The van der Waals surface area contributed by atoms with Gasteiger partial charge in [0.15, 0.2) is 6.61 Å². The van der Waals surface area contributed by atoms with E-state index < -0.39 is 0 Å². The number of nitrogens with zero attached hydrogens (tertiary/aromatic N) is 1. The van der Waals surface area contributed by atoms with Crippen molar-refractivity contribution in [2.75, 3.05) is 13.7 Å². The summed E-state index contributed by atoms with van der Waals surface area (Å²) in [5.41, 5.74) is 4.24. The summed E-state index contributed by atoms with van der Waals surface area (Å²) in [4.78, 5) is 11.7. The van der Waals surface area contributed by atoms with Gasteiger partial charge >= 0.3 is 0 Å². The van der Waals surface area contributed by atoms with Crippen molar-refractivity contribution in [2.24, 2.45) is 5.10 Å². The molecule has 6 heteroatoms. The zero-order chi connectivity index (χ0) is 16.7. The Bertz CT molecular complexity index is 717. The normalized spacial score (nSPS) is 10.6. The number of hydrogen-bond acceptors (Lipinski definition) is 4. The highest BCUT2D eigenvalue weighted by Crippen LogP contribution is 2.24.